The number of aliphatic hydroxyl groups excluding tert-OH is 1. The minimum Gasteiger partial charge on any atom is -0.396 e. The number of nitrogens with zero attached hydrogens (tertiary/aromatic N) is 2. The lowest BCUT2D eigenvalue weighted by atomic mass is 10.4. The van der Waals surface area contributed by atoms with Gasteiger partial charge in [-0.25, -0.2) is 0 Å². The molecule has 80 valence electrons. The number of aliphatic hydroxyl groups is 1. The maximum absolute atomic E-state index is 11.3. The zero-order valence-corrected chi connectivity index (χ0v) is 9.22. The van der Waals surface area contributed by atoms with Crippen molar-refractivity contribution in [2.24, 2.45) is 0 Å². The molecule has 0 fully saturated rings. The maximum atomic E-state index is 11.3. The van der Waals surface area contributed by atoms with E-state index in [4.69, 9.17) is 10.4 Å². The molecule has 1 N–H and O–H groups in total. The van der Waals surface area contributed by atoms with Gasteiger partial charge in [0.25, 0.3) is 0 Å². The molecule has 0 rings (SSSR count). The fourth-order valence-corrected chi connectivity index (χ4v) is 1.65. The van der Waals surface area contributed by atoms with Crippen LogP contribution in [-0.4, -0.2) is 47.6 Å². The molecule has 0 aromatic rings. The zero-order chi connectivity index (χ0) is 10.8. The highest BCUT2D eigenvalue weighted by atomic mass is 32.2. The van der Waals surface area contributed by atoms with E-state index in [0.717, 1.165) is 12.2 Å². The summed E-state index contributed by atoms with van der Waals surface area (Å²) < 4.78 is 0. The van der Waals surface area contributed by atoms with E-state index < -0.39 is 0 Å². The van der Waals surface area contributed by atoms with Crippen molar-refractivity contribution in [3.8, 4) is 6.07 Å². The van der Waals surface area contributed by atoms with Gasteiger partial charge in [0.2, 0.25) is 5.91 Å². The first-order chi connectivity index (χ1) is 6.72. The van der Waals surface area contributed by atoms with Crippen molar-refractivity contribution in [2.75, 3.05) is 31.7 Å². The predicted octanol–water partition coefficient (Wildman–Crippen LogP) is 0.474. The highest BCUT2D eigenvalue weighted by Gasteiger charge is 2.07. The lowest BCUT2D eigenvalue weighted by Gasteiger charge is -2.14. The molecule has 1 amide bonds. The SMILES string of the molecule is CN(CCC#N)C(=O)CSCCCO. The molecule has 0 radical (unpaired) electrons. The minimum absolute atomic E-state index is 0.0446. The number of hydrogen-bond acceptors (Lipinski definition) is 4. The zero-order valence-electron chi connectivity index (χ0n) is 8.40. The summed E-state index contributed by atoms with van der Waals surface area (Å²) in [5.41, 5.74) is 0. The second-order valence-corrected chi connectivity index (χ2v) is 3.96. The fourth-order valence-electron chi connectivity index (χ4n) is 0.779. The van der Waals surface area contributed by atoms with Crippen LogP contribution in [0.4, 0.5) is 0 Å². The van der Waals surface area contributed by atoms with Gasteiger partial charge in [-0.15, -0.1) is 0 Å². The average Bonchev–Trinajstić information content (AvgIpc) is 2.20. The van der Waals surface area contributed by atoms with Crippen LogP contribution in [0.1, 0.15) is 12.8 Å². The summed E-state index contributed by atoms with van der Waals surface area (Å²) in [4.78, 5) is 12.9. The van der Waals surface area contributed by atoms with Crippen molar-refractivity contribution in [1.29, 1.82) is 5.26 Å². The van der Waals surface area contributed by atoms with Gasteiger partial charge < -0.3 is 10.0 Å². The van der Waals surface area contributed by atoms with E-state index in [2.05, 4.69) is 0 Å². The molecular formula is C9H16N2O2S. The largest absolute Gasteiger partial charge is 0.396 e. The number of nitriles is 1. The van der Waals surface area contributed by atoms with E-state index in [1.54, 1.807) is 11.9 Å². The minimum atomic E-state index is 0.0446. The molecule has 0 unspecified atom stereocenters. The first kappa shape index (κ1) is 13.3. The maximum Gasteiger partial charge on any atom is 0.232 e. The summed E-state index contributed by atoms with van der Waals surface area (Å²) in [6.07, 6.45) is 1.10. The molecule has 0 aliphatic heterocycles. The second kappa shape index (κ2) is 8.85. The standard InChI is InChI=1S/C9H16N2O2S/c1-11(5-2-4-10)9(13)8-14-7-3-6-12/h12H,2-3,5-8H2,1H3. The summed E-state index contributed by atoms with van der Waals surface area (Å²) >= 11 is 1.51. The number of rotatable bonds is 7. The molecule has 0 aromatic carbocycles. The van der Waals surface area contributed by atoms with Crippen LogP contribution in [0, 0.1) is 11.3 Å². The van der Waals surface area contributed by atoms with E-state index in [1.807, 2.05) is 6.07 Å². The summed E-state index contributed by atoms with van der Waals surface area (Å²) in [6, 6.07) is 2.00. The van der Waals surface area contributed by atoms with Crippen LogP contribution in [0.5, 0.6) is 0 Å². The van der Waals surface area contributed by atoms with Gasteiger partial charge in [-0.1, -0.05) is 0 Å². The molecule has 0 aliphatic carbocycles. The van der Waals surface area contributed by atoms with Crippen LogP contribution in [0.3, 0.4) is 0 Å². The Kier molecular flexibility index (Phi) is 8.39. The first-order valence-corrected chi connectivity index (χ1v) is 5.67. The molecule has 0 aromatic heterocycles. The van der Waals surface area contributed by atoms with Gasteiger partial charge in [0.1, 0.15) is 0 Å². The van der Waals surface area contributed by atoms with E-state index in [0.29, 0.717) is 18.7 Å². The van der Waals surface area contributed by atoms with Crippen molar-refractivity contribution in [1.82, 2.24) is 4.90 Å². The Balaban J connectivity index is 3.48. The van der Waals surface area contributed by atoms with Crippen LogP contribution >= 0.6 is 11.8 Å². The van der Waals surface area contributed by atoms with Crippen molar-refractivity contribution < 1.29 is 9.90 Å². The summed E-state index contributed by atoms with van der Waals surface area (Å²) in [5, 5.41) is 16.8. The number of thioether (sulfide) groups is 1. The van der Waals surface area contributed by atoms with Crippen LogP contribution in [0.15, 0.2) is 0 Å². The van der Waals surface area contributed by atoms with Crippen LogP contribution < -0.4 is 0 Å². The quantitative estimate of drug-likeness (QED) is 0.628. The first-order valence-electron chi connectivity index (χ1n) is 4.52. The third-order valence-corrected chi connectivity index (χ3v) is 2.69. The summed E-state index contributed by atoms with van der Waals surface area (Å²) in [5.74, 6) is 1.28. The van der Waals surface area contributed by atoms with E-state index >= 15 is 0 Å². The van der Waals surface area contributed by atoms with Crippen LogP contribution in [0.25, 0.3) is 0 Å². The smallest absolute Gasteiger partial charge is 0.232 e. The molecule has 0 aliphatic rings. The van der Waals surface area contributed by atoms with Crippen LogP contribution in [0.2, 0.25) is 0 Å². The Labute approximate surface area is 88.9 Å². The molecule has 5 heteroatoms. The van der Waals surface area contributed by atoms with Gasteiger partial charge in [0.05, 0.1) is 18.2 Å². The highest BCUT2D eigenvalue weighted by molar-refractivity contribution is 7.99. The number of hydrogen-bond donors (Lipinski definition) is 1. The van der Waals surface area contributed by atoms with Gasteiger partial charge in [0, 0.05) is 20.2 Å². The molecule has 0 heterocycles. The Hall–Kier alpha value is -0.730. The third kappa shape index (κ3) is 6.75. The molecule has 0 saturated heterocycles. The Bertz CT molecular complexity index is 203. The third-order valence-electron chi connectivity index (χ3n) is 1.66. The molecule has 4 nitrogen and oxygen atoms in total. The van der Waals surface area contributed by atoms with E-state index in [9.17, 15) is 4.79 Å². The van der Waals surface area contributed by atoms with Crippen molar-refractivity contribution in [3.63, 3.8) is 0 Å². The van der Waals surface area contributed by atoms with Crippen LogP contribution in [-0.2, 0) is 4.79 Å². The Morgan fingerprint density at radius 3 is 2.93 bits per heavy atom. The molecule has 0 spiro atoms. The average molecular weight is 216 g/mol. The molecule has 0 bridgehead atoms. The van der Waals surface area contributed by atoms with Gasteiger partial charge >= 0.3 is 0 Å². The number of carbonyl (C=O) groups is 1. The topological polar surface area (TPSA) is 64.3 Å². The van der Waals surface area contributed by atoms with Gasteiger partial charge in [-0.05, 0) is 12.2 Å². The fraction of sp³-hybridized carbons (Fsp3) is 0.778. The van der Waals surface area contributed by atoms with Gasteiger partial charge in [-0.2, -0.15) is 17.0 Å². The van der Waals surface area contributed by atoms with Crippen molar-refractivity contribution >= 4 is 17.7 Å². The molecule has 0 atom stereocenters. The normalized spacial score (nSPS) is 9.50. The van der Waals surface area contributed by atoms with E-state index in [-0.39, 0.29) is 12.5 Å². The Morgan fingerprint density at radius 2 is 2.36 bits per heavy atom. The second-order valence-electron chi connectivity index (χ2n) is 2.85. The summed E-state index contributed by atoms with van der Waals surface area (Å²) in [7, 11) is 1.70. The monoisotopic (exact) mass is 216 g/mol. The van der Waals surface area contributed by atoms with Crippen molar-refractivity contribution in [3.05, 3.63) is 0 Å². The van der Waals surface area contributed by atoms with E-state index in [1.165, 1.54) is 11.8 Å². The molecule has 0 saturated carbocycles. The predicted molar refractivity (Wildman–Crippen MR) is 56.9 cm³/mol. The molecule has 14 heavy (non-hydrogen) atoms. The van der Waals surface area contributed by atoms with Crippen molar-refractivity contribution in [2.45, 2.75) is 12.8 Å². The number of carbonyl (C=O) groups excluding carboxylic acids is 1. The number of amides is 1. The summed E-state index contributed by atoms with van der Waals surface area (Å²) in [6.45, 7) is 0.668. The van der Waals surface area contributed by atoms with Gasteiger partial charge in [-0.3, -0.25) is 4.79 Å². The molecular weight excluding hydrogens is 200 g/mol. The van der Waals surface area contributed by atoms with Gasteiger partial charge in [0.15, 0.2) is 0 Å². The Morgan fingerprint density at radius 1 is 1.64 bits per heavy atom. The lowest BCUT2D eigenvalue weighted by Crippen LogP contribution is -2.29. The lowest BCUT2D eigenvalue weighted by molar-refractivity contribution is -0.127. The highest BCUT2D eigenvalue weighted by Crippen LogP contribution is 2.03.